The fraction of sp³-hybridized carbons (Fsp3) is 0.375. The third kappa shape index (κ3) is 2.48. The number of anilines is 1. The lowest BCUT2D eigenvalue weighted by Gasteiger charge is -2.19. The smallest absolute Gasteiger partial charge is 0.322 e. The molecule has 0 aromatic carbocycles. The largest absolute Gasteiger partial charge is 0.480 e. The highest BCUT2D eigenvalue weighted by molar-refractivity contribution is 5.74. The number of carboxylic acids is 1. The molecule has 4 N–H and O–H groups in total. The summed E-state index contributed by atoms with van der Waals surface area (Å²) >= 11 is 0. The van der Waals surface area contributed by atoms with Gasteiger partial charge in [-0.3, -0.25) is 4.79 Å². The molecule has 13 heavy (non-hydrogen) atoms. The molecule has 0 saturated carbocycles. The first-order valence-electron chi connectivity index (χ1n) is 3.93. The van der Waals surface area contributed by atoms with Gasteiger partial charge in [-0.15, -0.1) is 0 Å². The zero-order chi connectivity index (χ0) is 9.84. The van der Waals surface area contributed by atoms with Crippen LogP contribution in [-0.2, 0) is 4.79 Å². The number of hydrogen-bond donors (Lipinski definition) is 3. The van der Waals surface area contributed by atoms with Gasteiger partial charge in [0.2, 0.25) is 0 Å². The van der Waals surface area contributed by atoms with Crippen LogP contribution in [0.2, 0.25) is 0 Å². The molecule has 0 amide bonds. The van der Waals surface area contributed by atoms with Crippen LogP contribution >= 0.6 is 0 Å². The Labute approximate surface area is 76.2 Å². The molecule has 5 nitrogen and oxygen atoms in total. The van der Waals surface area contributed by atoms with Crippen LogP contribution in [0.3, 0.4) is 0 Å². The summed E-state index contributed by atoms with van der Waals surface area (Å²) in [5.74, 6) is -0.984. The third-order valence-corrected chi connectivity index (χ3v) is 1.81. The van der Waals surface area contributed by atoms with E-state index in [1.54, 1.807) is 24.3 Å². The van der Waals surface area contributed by atoms with Crippen molar-refractivity contribution in [1.82, 2.24) is 4.98 Å². The number of carboxylic acid groups (broad SMARTS) is 1. The molecule has 0 aliphatic heterocycles. The Bertz CT molecular complexity index is 271. The summed E-state index contributed by atoms with van der Waals surface area (Å²) < 4.78 is 0. The summed E-state index contributed by atoms with van der Waals surface area (Å²) in [6.07, 6.45) is 3.56. The fourth-order valence-electron chi connectivity index (χ4n) is 1.03. The summed E-state index contributed by atoms with van der Waals surface area (Å²) in [7, 11) is 1.80. The van der Waals surface area contributed by atoms with E-state index in [2.05, 4.69) is 4.98 Å². The van der Waals surface area contributed by atoms with Crippen LogP contribution < -0.4 is 10.6 Å². The topological polar surface area (TPSA) is 82.3 Å². The number of aliphatic carboxylic acids is 1. The van der Waals surface area contributed by atoms with E-state index in [0.29, 0.717) is 6.54 Å². The maximum Gasteiger partial charge on any atom is 0.322 e. The summed E-state index contributed by atoms with van der Waals surface area (Å²) in [4.78, 5) is 15.1. The van der Waals surface area contributed by atoms with Crippen LogP contribution in [0, 0.1) is 0 Å². The number of likely N-dealkylation sites (N-methyl/N-ethyl adjacent to an activating group) is 1. The molecule has 1 aromatic rings. The number of nitrogens with two attached hydrogens (primary N) is 1. The van der Waals surface area contributed by atoms with Gasteiger partial charge in [0.1, 0.15) is 6.04 Å². The van der Waals surface area contributed by atoms with E-state index in [9.17, 15) is 4.79 Å². The monoisotopic (exact) mass is 183 g/mol. The van der Waals surface area contributed by atoms with Gasteiger partial charge in [-0.05, 0) is 6.07 Å². The average molecular weight is 183 g/mol. The standard InChI is InChI=1S/C8H13N3O2/c1-11(5-7(9)8(12)13)6-2-3-10-4-6/h2-4,7,10H,5,9H2,1H3,(H,12,13). The first kappa shape index (κ1) is 9.60. The van der Waals surface area contributed by atoms with Crippen LogP contribution in [0.1, 0.15) is 0 Å². The first-order valence-corrected chi connectivity index (χ1v) is 3.93. The van der Waals surface area contributed by atoms with Crippen molar-refractivity contribution in [3.8, 4) is 0 Å². The Morgan fingerprint density at radius 3 is 3.00 bits per heavy atom. The van der Waals surface area contributed by atoms with Gasteiger partial charge in [-0.1, -0.05) is 0 Å². The molecule has 0 aliphatic carbocycles. The molecule has 0 bridgehead atoms. The number of nitrogens with zero attached hydrogens (tertiary/aromatic N) is 1. The number of aromatic amines is 1. The van der Waals surface area contributed by atoms with Gasteiger partial charge < -0.3 is 20.7 Å². The normalized spacial score (nSPS) is 12.5. The maximum absolute atomic E-state index is 10.4. The van der Waals surface area contributed by atoms with Crippen molar-refractivity contribution in [2.75, 3.05) is 18.5 Å². The molecule has 0 aliphatic rings. The molecule has 0 fully saturated rings. The van der Waals surface area contributed by atoms with E-state index in [-0.39, 0.29) is 0 Å². The molecule has 0 spiro atoms. The molecule has 1 heterocycles. The highest BCUT2D eigenvalue weighted by Crippen LogP contribution is 2.09. The lowest BCUT2D eigenvalue weighted by Crippen LogP contribution is -2.41. The van der Waals surface area contributed by atoms with E-state index in [1.807, 2.05) is 6.07 Å². The maximum atomic E-state index is 10.4. The van der Waals surface area contributed by atoms with Gasteiger partial charge in [0.15, 0.2) is 0 Å². The predicted molar refractivity (Wildman–Crippen MR) is 49.7 cm³/mol. The average Bonchev–Trinajstić information content (AvgIpc) is 2.55. The van der Waals surface area contributed by atoms with Crippen molar-refractivity contribution in [2.24, 2.45) is 5.73 Å². The van der Waals surface area contributed by atoms with E-state index in [1.165, 1.54) is 0 Å². The summed E-state index contributed by atoms with van der Waals surface area (Å²) in [6.45, 7) is 0.299. The molecule has 1 rings (SSSR count). The van der Waals surface area contributed by atoms with Crippen molar-refractivity contribution in [2.45, 2.75) is 6.04 Å². The first-order chi connectivity index (χ1) is 6.11. The Hall–Kier alpha value is -1.49. The molecule has 72 valence electrons. The molecule has 1 atom stereocenters. The Morgan fingerprint density at radius 1 is 1.85 bits per heavy atom. The van der Waals surface area contributed by atoms with Crippen LogP contribution in [0.15, 0.2) is 18.5 Å². The minimum absolute atomic E-state index is 0.299. The zero-order valence-electron chi connectivity index (χ0n) is 7.40. The molecule has 5 heteroatoms. The van der Waals surface area contributed by atoms with Crippen molar-refractivity contribution < 1.29 is 9.90 Å². The second kappa shape index (κ2) is 3.95. The Morgan fingerprint density at radius 2 is 2.54 bits per heavy atom. The van der Waals surface area contributed by atoms with E-state index >= 15 is 0 Å². The third-order valence-electron chi connectivity index (χ3n) is 1.81. The lowest BCUT2D eigenvalue weighted by molar-refractivity contribution is -0.138. The zero-order valence-corrected chi connectivity index (χ0v) is 7.40. The highest BCUT2D eigenvalue weighted by atomic mass is 16.4. The van der Waals surface area contributed by atoms with E-state index < -0.39 is 12.0 Å². The van der Waals surface area contributed by atoms with Crippen molar-refractivity contribution in [3.05, 3.63) is 18.5 Å². The van der Waals surface area contributed by atoms with Crippen molar-refractivity contribution in [1.29, 1.82) is 0 Å². The van der Waals surface area contributed by atoms with Crippen LogP contribution in [0.4, 0.5) is 5.69 Å². The number of rotatable bonds is 4. The summed E-state index contributed by atoms with van der Waals surface area (Å²) in [5.41, 5.74) is 6.30. The summed E-state index contributed by atoms with van der Waals surface area (Å²) in [5, 5.41) is 8.57. The van der Waals surface area contributed by atoms with Gasteiger partial charge in [0.25, 0.3) is 0 Å². The van der Waals surface area contributed by atoms with Crippen LogP contribution in [0.25, 0.3) is 0 Å². The number of carbonyl (C=O) groups is 1. The molecular formula is C8H13N3O2. The number of nitrogens with one attached hydrogen (secondary N) is 1. The van der Waals surface area contributed by atoms with Crippen molar-refractivity contribution >= 4 is 11.7 Å². The summed E-state index contributed by atoms with van der Waals surface area (Å²) in [6, 6.07) is 1.01. The minimum Gasteiger partial charge on any atom is -0.480 e. The number of H-pyrrole nitrogens is 1. The molecule has 0 radical (unpaired) electrons. The molecule has 0 saturated heterocycles. The molecule has 1 aromatic heterocycles. The second-order valence-corrected chi connectivity index (χ2v) is 2.89. The Kier molecular flexibility index (Phi) is 2.92. The SMILES string of the molecule is CN(CC(N)C(=O)O)c1cc[nH]c1. The van der Waals surface area contributed by atoms with Gasteiger partial charge in [-0.2, -0.15) is 0 Å². The predicted octanol–water partition coefficient (Wildman–Crippen LogP) is -0.137. The fourth-order valence-corrected chi connectivity index (χ4v) is 1.03. The van der Waals surface area contributed by atoms with Gasteiger partial charge >= 0.3 is 5.97 Å². The second-order valence-electron chi connectivity index (χ2n) is 2.89. The molecular weight excluding hydrogens is 170 g/mol. The van der Waals surface area contributed by atoms with E-state index in [4.69, 9.17) is 10.8 Å². The van der Waals surface area contributed by atoms with E-state index in [0.717, 1.165) is 5.69 Å². The quantitative estimate of drug-likeness (QED) is 0.607. The van der Waals surface area contributed by atoms with Crippen LogP contribution in [0.5, 0.6) is 0 Å². The minimum atomic E-state index is -0.984. The Balaban J connectivity index is 2.51. The van der Waals surface area contributed by atoms with Gasteiger partial charge in [0.05, 0.1) is 5.69 Å². The van der Waals surface area contributed by atoms with Gasteiger partial charge in [0, 0.05) is 26.0 Å². The lowest BCUT2D eigenvalue weighted by atomic mass is 10.3. The number of aromatic nitrogens is 1. The molecule has 1 unspecified atom stereocenters. The highest BCUT2D eigenvalue weighted by Gasteiger charge is 2.14. The van der Waals surface area contributed by atoms with Crippen molar-refractivity contribution in [3.63, 3.8) is 0 Å². The van der Waals surface area contributed by atoms with Crippen LogP contribution in [-0.4, -0.2) is 35.7 Å². The van der Waals surface area contributed by atoms with Gasteiger partial charge in [-0.25, -0.2) is 0 Å². The number of hydrogen-bond acceptors (Lipinski definition) is 3.